The highest BCUT2D eigenvalue weighted by Gasteiger charge is 2.50. The summed E-state index contributed by atoms with van der Waals surface area (Å²) in [5, 5.41) is 15.0. The molecule has 0 aliphatic heterocycles. The lowest BCUT2D eigenvalue weighted by Crippen LogP contribution is -2.50. The minimum absolute atomic E-state index is 0.0235. The summed E-state index contributed by atoms with van der Waals surface area (Å²) >= 11 is 0. The molecule has 2 aromatic rings. The molecule has 3 N–H and O–H groups in total. The normalized spacial score (nSPS) is 29.8. The van der Waals surface area contributed by atoms with Gasteiger partial charge in [-0.25, -0.2) is 4.79 Å². The fourth-order valence-electron chi connectivity index (χ4n) is 6.55. The zero-order valence-electron chi connectivity index (χ0n) is 19.5. The SMILES string of the molecule is O=C(N[C@@H]1C[C@@H]2CC(C(=O)NC[C@@H]3C[C@@H]3C(=O)O)C[C@@H]21)OCC1c2ccccc2-c2ccccc21. The zero-order valence-corrected chi connectivity index (χ0v) is 19.5. The summed E-state index contributed by atoms with van der Waals surface area (Å²) in [4.78, 5) is 36.2. The molecule has 2 amide bonds. The fourth-order valence-corrected chi connectivity index (χ4v) is 6.55. The van der Waals surface area contributed by atoms with Crippen LogP contribution in [0.3, 0.4) is 0 Å². The van der Waals surface area contributed by atoms with Gasteiger partial charge in [-0.3, -0.25) is 9.59 Å². The van der Waals surface area contributed by atoms with Gasteiger partial charge in [0.05, 0.1) is 5.92 Å². The number of hydrogen-bond acceptors (Lipinski definition) is 4. The molecule has 0 saturated heterocycles. The molecule has 0 radical (unpaired) electrons. The lowest BCUT2D eigenvalue weighted by molar-refractivity contribution is -0.139. The number of carboxylic acids is 1. The van der Waals surface area contributed by atoms with Crippen molar-refractivity contribution in [3.8, 4) is 11.1 Å². The largest absolute Gasteiger partial charge is 0.481 e. The predicted molar refractivity (Wildman–Crippen MR) is 129 cm³/mol. The van der Waals surface area contributed by atoms with Crippen LogP contribution in [0.5, 0.6) is 0 Å². The number of benzene rings is 2. The number of aliphatic carboxylic acids is 1. The standard InChI is InChI=1S/C28H30N2O5/c31-26(29-13-17-11-23(17)27(32)33)16-9-15-12-25(22(15)10-16)30-28(34)35-14-24-20-7-3-1-5-18(20)19-6-2-4-8-21(19)24/h1-8,15-17,22-25H,9-14H2,(H,29,31)(H,30,34)(H,32,33)/t15-,16?,17-,22-,23-,25+/m0/s1. The maximum Gasteiger partial charge on any atom is 0.407 e. The van der Waals surface area contributed by atoms with E-state index in [4.69, 9.17) is 9.84 Å². The Morgan fingerprint density at radius 2 is 1.60 bits per heavy atom. The van der Waals surface area contributed by atoms with Crippen molar-refractivity contribution in [1.82, 2.24) is 10.6 Å². The minimum Gasteiger partial charge on any atom is -0.481 e. The molecule has 0 bridgehead atoms. The van der Waals surface area contributed by atoms with Gasteiger partial charge in [0, 0.05) is 24.4 Å². The molecule has 3 saturated carbocycles. The van der Waals surface area contributed by atoms with Gasteiger partial charge in [0.25, 0.3) is 0 Å². The van der Waals surface area contributed by atoms with Crippen LogP contribution >= 0.6 is 0 Å². The minimum atomic E-state index is -0.773. The van der Waals surface area contributed by atoms with Crippen molar-refractivity contribution in [3.63, 3.8) is 0 Å². The Balaban J connectivity index is 0.985. The molecular weight excluding hydrogens is 444 g/mol. The van der Waals surface area contributed by atoms with Crippen LogP contribution in [0.4, 0.5) is 4.79 Å². The second-order valence-corrected chi connectivity index (χ2v) is 10.6. The maximum atomic E-state index is 12.6. The lowest BCUT2D eigenvalue weighted by atomic mass is 9.71. The molecule has 0 aromatic heterocycles. The molecule has 6 atom stereocenters. The van der Waals surface area contributed by atoms with E-state index in [-0.39, 0.29) is 35.6 Å². The second-order valence-electron chi connectivity index (χ2n) is 10.6. The van der Waals surface area contributed by atoms with E-state index in [1.54, 1.807) is 0 Å². The van der Waals surface area contributed by atoms with Crippen molar-refractivity contribution in [2.45, 2.75) is 37.6 Å². The van der Waals surface area contributed by atoms with E-state index in [1.807, 2.05) is 24.3 Å². The monoisotopic (exact) mass is 474 g/mol. The van der Waals surface area contributed by atoms with Crippen LogP contribution in [-0.4, -0.2) is 42.3 Å². The highest BCUT2D eigenvalue weighted by atomic mass is 16.5. The van der Waals surface area contributed by atoms with Crippen LogP contribution in [0, 0.1) is 29.6 Å². The zero-order chi connectivity index (χ0) is 24.1. The predicted octanol–water partition coefficient (Wildman–Crippen LogP) is 3.78. The van der Waals surface area contributed by atoms with E-state index >= 15 is 0 Å². The molecule has 3 fully saturated rings. The smallest absolute Gasteiger partial charge is 0.407 e. The van der Waals surface area contributed by atoms with Crippen molar-refractivity contribution in [1.29, 1.82) is 0 Å². The first-order chi connectivity index (χ1) is 17.0. The average Bonchev–Trinajstić information content (AvgIpc) is 3.47. The van der Waals surface area contributed by atoms with Crippen LogP contribution in [0.1, 0.15) is 42.7 Å². The van der Waals surface area contributed by atoms with Crippen molar-refractivity contribution >= 4 is 18.0 Å². The third kappa shape index (κ3) is 4.07. The van der Waals surface area contributed by atoms with E-state index in [2.05, 4.69) is 34.9 Å². The third-order valence-electron chi connectivity index (χ3n) is 8.62. The number of carbonyl (C=O) groups excluding carboxylic acids is 2. The Hall–Kier alpha value is -3.35. The number of alkyl carbamates (subject to hydrolysis) is 1. The van der Waals surface area contributed by atoms with Crippen molar-refractivity contribution in [2.75, 3.05) is 13.2 Å². The number of carboxylic acid groups (broad SMARTS) is 1. The van der Waals surface area contributed by atoms with Gasteiger partial charge in [-0.15, -0.1) is 0 Å². The molecule has 1 unspecified atom stereocenters. The highest BCUT2D eigenvalue weighted by molar-refractivity contribution is 5.80. The first-order valence-corrected chi connectivity index (χ1v) is 12.6. The summed E-state index contributed by atoms with van der Waals surface area (Å²) in [5.74, 6) is -0.245. The van der Waals surface area contributed by atoms with Gasteiger partial charge in [-0.2, -0.15) is 0 Å². The van der Waals surface area contributed by atoms with E-state index < -0.39 is 12.1 Å². The number of hydrogen-bond donors (Lipinski definition) is 3. The second kappa shape index (κ2) is 8.70. The Kier molecular flexibility index (Phi) is 5.50. The highest BCUT2D eigenvalue weighted by Crippen LogP contribution is 2.50. The molecule has 0 heterocycles. The summed E-state index contributed by atoms with van der Waals surface area (Å²) < 4.78 is 5.69. The molecule has 182 valence electrons. The third-order valence-corrected chi connectivity index (χ3v) is 8.62. The van der Waals surface area contributed by atoms with E-state index in [0.29, 0.717) is 31.4 Å². The van der Waals surface area contributed by atoms with Crippen molar-refractivity contribution in [2.24, 2.45) is 29.6 Å². The fraction of sp³-hybridized carbons (Fsp3) is 0.464. The number of carbonyl (C=O) groups is 3. The van der Waals surface area contributed by atoms with Gasteiger partial charge >= 0.3 is 12.1 Å². The van der Waals surface area contributed by atoms with Crippen molar-refractivity contribution in [3.05, 3.63) is 59.7 Å². The van der Waals surface area contributed by atoms with Gasteiger partial charge in [0.2, 0.25) is 5.91 Å². The summed E-state index contributed by atoms with van der Waals surface area (Å²) in [7, 11) is 0. The van der Waals surface area contributed by atoms with Gasteiger partial charge in [0.1, 0.15) is 6.61 Å². The van der Waals surface area contributed by atoms with Crippen LogP contribution < -0.4 is 10.6 Å². The Morgan fingerprint density at radius 1 is 0.914 bits per heavy atom. The number of ether oxygens (including phenoxy) is 1. The summed E-state index contributed by atoms with van der Waals surface area (Å²) in [6.45, 7) is 0.743. The molecular formula is C28H30N2O5. The summed E-state index contributed by atoms with van der Waals surface area (Å²) in [6.07, 6.45) is 2.74. The first-order valence-electron chi connectivity index (χ1n) is 12.6. The Labute approximate surface area is 204 Å². The number of rotatable bonds is 7. The summed E-state index contributed by atoms with van der Waals surface area (Å²) in [6, 6.07) is 16.6. The molecule has 0 spiro atoms. The number of fused-ring (bicyclic) bond motifs is 4. The van der Waals surface area contributed by atoms with Gasteiger partial charge in [-0.1, -0.05) is 48.5 Å². The Bertz CT molecular complexity index is 1130. The summed E-state index contributed by atoms with van der Waals surface area (Å²) in [5.41, 5.74) is 4.79. The maximum absolute atomic E-state index is 12.6. The Morgan fingerprint density at radius 3 is 2.26 bits per heavy atom. The quantitative estimate of drug-likeness (QED) is 0.567. The topological polar surface area (TPSA) is 105 Å². The molecule has 35 heavy (non-hydrogen) atoms. The molecule has 7 nitrogen and oxygen atoms in total. The van der Waals surface area contributed by atoms with Crippen LogP contribution in [0.2, 0.25) is 0 Å². The van der Waals surface area contributed by atoms with E-state index in [9.17, 15) is 14.4 Å². The van der Waals surface area contributed by atoms with Gasteiger partial charge in [0.15, 0.2) is 0 Å². The van der Waals surface area contributed by atoms with Crippen LogP contribution in [-0.2, 0) is 14.3 Å². The molecule has 4 aliphatic rings. The van der Waals surface area contributed by atoms with E-state index in [1.165, 1.54) is 22.3 Å². The van der Waals surface area contributed by atoms with Gasteiger partial charge < -0.3 is 20.5 Å². The van der Waals surface area contributed by atoms with E-state index in [0.717, 1.165) is 19.3 Å². The number of nitrogens with one attached hydrogen (secondary N) is 2. The van der Waals surface area contributed by atoms with Crippen LogP contribution in [0.15, 0.2) is 48.5 Å². The molecule has 6 rings (SSSR count). The van der Waals surface area contributed by atoms with Crippen molar-refractivity contribution < 1.29 is 24.2 Å². The molecule has 7 heteroatoms. The molecule has 4 aliphatic carbocycles. The molecule has 2 aromatic carbocycles. The van der Waals surface area contributed by atoms with Gasteiger partial charge in [-0.05, 0) is 65.7 Å². The lowest BCUT2D eigenvalue weighted by Gasteiger charge is -2.40. The first kappa shape index (κ1) is 22.1. The van der Waals surface area contributed by atoms with Crippen LogP contribution in [0.25, 0.3) is 11.1 Å². The average molecular weight is 475 g/mol. The number of amides is 2.